The van der Waals surface area contributed by atoms with Gasteiger partial charge in [-0.3, -0.25) is 9.59 Å². The topological polar surface area (TPSA) is 100 Å². The summed E-state index contributed by atoms with van der Waals surface area (Å²) in [6.07, 6.45) is -0.282. The van der Waals surface area contributed by atoms with Gasteiger partial charge in [-0.15, -0.1) is 0 Å². The average molecular weight is 388 g/mol. The molecule has 0 spiro atoms. The Morgan fingerprint density at radius 1 is 1.17 bits per heavy atom. The minimum Gasteiger partial charge on any atom is -0.504 e. The van der Waals surface area contributed by atoms with E-state index in [1.807, 2.05) is 43.3 Å². The number of ether oxygens (including phenoxy) is 1. The molecular weight excluding hydrogens is 368 g/mol. The van der Waals surface area contributed by atoms with Gasteiger partial charge in [0.15, 0.2) is 11.5 Å². The molecule has 0 unspecified atom stereocenters. The Balaban J connectivity index is 2.13. The number of pyridine rings is 1. The highest BCUT2D eigenvalue weighted by atomic mass is 16.5. The molecule has 1 aromatic heterocycles. The van der Waals surface area contributed by atoms with E-state index < -0.39 is 17.5 Å². The fourth-order valence-corrected chi connectivity index (χ4v) is 3.20. The van der Waals surface area contributed by atoms with Crippen molar-refractivity contribution in [2.45, 2.75) is 26.7 Å². The number of aromatic nitrogens is 1. The van der Waals surface area contributed by atoms with Gasteiger partial charge in [-0.2, -0.15) is 5.26 Å². The van der Waals surface area contributed by atoms with E-state index in [0.717, 1.165) is 16.7 Å². The third kappa shape index (κ3) is 4.09. The predicted octanol–water partition coefficient (Wildman–Crippen LogP) is 4.31. The molecule has 1 heterocycles. The minimum atomic E-state index is -0.520. The summed E-state index contributed by atoms with van der Waals surface area (Å²) in [6.45, 7) is 3.88. The van der Waals surface area contributed by atoms with E-state index >= 15 is 0 Å². The van der Waals surface area contributed by atoms with Crippen LogP contribution in [0.3, 0.4) is 0 Å². The number of aryl methyl sites for hydroxylation is 1. The number of esters is 1. The van der Waals surface area contributed by atoms with Crippen LogP contribution >= 0.6 is 0 Å². The minimum absolute atomic E-state index is 0.0102. The number of nitriles is 1. The predicted molar refractivity (Wildman–Crippen MR) is 108 cm³/mol. The van der Waals surface area contributed by atoms with Crippen molar-refractivity contribution < 1.29 is 19.4 Å². The molecule has 0 saturated heterocycles. The summed E-state index contributed by atoms with van der Waals surface area (Å²) in [5.74, 6) is -1.48. The number of carbonyl (C=O) groups excluding carboxylic acids is 2. The number of carbonyl (C=O) groups is 2. The normalized spacial score (nSPS) is 10.5. The van der Waals surface area contributed by atoms with Gasteiger partial charge in [-0.1, -0.05) is 48.0 Å². The van der Waals surface area contributed by atoms with E-state index in [4.69, 9.17) is 4.74 Å². The van der Waals surface area contributed by atoms with E-state index in [-0.39, 0.29) is 30.7 Å². The monoisotopic (exact) mass is 388 g/mol. The third-order valence-electron chi connectivity index (χ3n) is 4.56. The molecule has 0 fully saturated rings. The Morgan fingerprint density at radius 3 is 2.62 bits per heavy atom. The van der Waals surface area contributed by atoms with Gasteiger partial charge in [0.2, 0.25) is 0 Å². The van der Waals surface area contributed by atoms with Crippen molar-refractivity contribution >= 4 is 22.7 Å². The van der Waals surface area contributed by atoms with Crippen molar-refractivity contribution in [3.63, 3.8) is 0 Å². The first-order valence-corrected chi connectivity index (χ1v) is 9.28. The van der Waals surface area contributed by atoms with Crippen LogP contribution in [0.1, 0.15) is 41.4 Å². The summed E-state index contributed by atoms with van der Waals surface area (Å²) in [5, 5.41) is 20.6. The average Bonchev–Trinajstić information content (AvgIpc) is 2.71. The number of ketones is 1. The maximum atomic E-state index is 12.6. The van der Waals surface area contributed by atoms with Crippen molar-refractivity contribution in [1.29, 1.82) is 5.26 Å². The Labute approximate surface area is 168 Å². The van der Waals surface area contributed by atoms with E-state index in [2.05, 4.69) is 4.98 Å². The van der Waals surface area contributed by atoms with Crippen LogP contribution in [0.5, 0.6) is 5.75 Å². The van der Waals surface area contributed by atoms with Crippen LogP contribution < -0.4 is 0 Å². The van der Waals surface area contributed by atoms with Crippen LogP contribution in [-0.2, 0) is 9.53 Å². The summed E-state index contributed by atoms with van der Waals surface area (Å²) >= 11 is 0. The van der Waals surface area contributed by atoms with Gasteiger partial charge >= 0.3 is 5.97 Å². The van der Waals surface area contributed by atoms with Crippen molar-refractivity contribution in [1.82, 2.24) is 4.98 Å². The summed E-state index contributed by atoms with van der Waals surface area (Å²) in [7, 11) is 0. The van der Waals surface area contributed by atoms with Crippen molar-refractivity contribution in [3.8, 4) is 22.9 Å². The molecule has 0 saturated carbocycles. The first-order valence-electron chi connectivity index (χ1n) is 9.28. The molecular formula is C23H20N2O4. The lowest BCUT2D eigenvalue weighted by atomic mass is 9.97. The van der Waals surface area contributed by atoms with E-state index in [1.165, 1.54) is 0 Å². The fraction of sp³-hybridized carbons (Fsp3) is 0.217. The number of nitrogens with zero attached hydrogens (tertiary/aromatic N) is 2. The Hall–Kier alpha value is -3.72. The lowest BCUT2D eigenvalue weighted by molar-refractivity contribution is -0.143. The molecule has 0 atom stereocenters. The number of fused-ring (bicyclic) bond motifs is 1. The van der Waals surface area contributed by atoms with E-state index in [9.17, 15) is 20.0 Å². The highest BCUT2D eigenvalue weighted by Crippen LogP contribution is 2.35. The van der Waals surface area contributed by atoms with Crippen LogP contribution in [0.2, 0.25) is 0 Å². The van der Waals surface area contributed by atoms with Crippen LogP contribution in [0.25, 0.3) is 22.0 Å². The first-order chi connectivity index (χ1) is 14.0. The molecule has 6 heteroatoms. The second kappa shape index (κ2) is 8.53. The fourth-order valence-electron chi connectivity index (χ4n) is 3.20. The van der Waals surface area contributed by atoms with E-state index in [0.29, 0.717) is 10.9 Å². The van der Waals surface area contributed by atoms with E-state index in [1.54, 1.807) is 19.1 Å². The zero-order valence-corrected chi connectivity index (χ0v) is 16.2. The molecule has 6 nitrogen and oxygen atoms in total. The standard InChI is InChI=1S/C23H20N2O4/c1-3-29-20(27)11-10-19(26)22-23(28)18(13-24)17-9-5-8-16(21(17)25-22)15-7-4-6-14(2)12-15/h4-9,12,28H,3,10-11H2,1-2H3. The van der Waals surface area contributed by atoms with Crippen LogP contribution in [0.4, 0.5) is 0 Å². The molecule has 3 aromatic rings. The Kier molecular flexibility index (Phi) is 5.89. The van der Waals surface area contributed by atoms with Gasteiger partial charge < -0.3 is 9.84 Å². The number of Topliss-reactive ketones (excluding diaryl/α,β-unsaturated/α-hetero) is 1. The Bertz CT molecular complexity index is 1150. The lowest BCUT2D eigenvalue weighted by Gasteiger charge is -2.12. The van der Waals surface area contributed by atoms with Crippen LogP contribution in [-0.4, -0.2) is 28.4 Å². The van der Waals surface area contributed by atoms with Gasteiger partial charge in [0.1, 0.15) is 17.3 Å². The number of rotatable bonds is 6. The summed E-state index contributed by atoms with van der Waals surface area (Å²) < 4.78 is 4.84. The number of benzene rings is 2. The molecule has 0 aliphatic carbocycles. The molecule has 146 valence electrons. The van der Waals surface area contributed by atoms with Gasteiger partial charge in [0.25, 0.3) is 0 Å². The highest BCUT2D eigenvalue weighted by molar-refractivity contribution is 6.05. The third-order valence-corrected chi connectivity index (χ3v) is 4.56. The number of para-hydroxylation sites is 1. The highest BCUT2D eigenvalue weighted by Gasteiger charge is 2.22. The van der Waals surface area contributed by atoms with Gasteiger partial charge in [-0.05, 0) is 19.4 Å². The molecule has 0 amide bonds. The van der Waals surface area contributed by atoms with Crippen molar-refractivity contribution in [2.24, 2.45) is 0 Å². The van der Waals surface area contributed by atoms with Gasteiger partial charge in [0, 0.05) is 17.4 Å². The van der Waals surface area contributed by atoms with Crippen LogP contribution in [0.15, 0.2) is 42.5 Å². The van der Waals surface area contributed by atoms with Crippen molar-refractivity contribution in [3.05, 3.63) is 59.3 Å². The molecule has 0 radical (unpaired) electrons. The first kappa shape index (κ1) is 20.0. The number of hydrogen-bond donors (Lipinski definition) is 1. The maximum Gasteiger partial charge on any atom is 0.306 e. The molecule has 29 heavy (non-hydrogen) atoms. The molecule has 1 N–H and O–H groups in total. The number of aromatic hydroxyl groups is 1. The largest absolute Gasteiger partial charge is 0.504 e. The summed E-state index contributed by atoms with van der Waals surface area (Å²) in [4.78, 5) is 28.6. The second-order valence-electron chi connectivity index (χ2n) is 6.60. The SMILES string of the molecule is CCOC(=O)CCC(=O)c1nc2c(-c3cccc(C)c3)cccc2c(C#N)c1O. The molecule has 2 aromatic carbocycles. The second-order valence-corrected chi connectivity index (χ2v) is 6.60. The summed E-state index contributed by atoms with van der Waals surface area (Å²) in [6, 6.07) is 15.1. The zero-order valence-electron chi connectivity index (χ0n) is 16.2. The van der Waals surface area contributed by atoms with Crippen molar-refractivity contribution in [2.75, 3.05) is 6.61 Å². The molecule has 3 rings (SSSR count). The van der Waals surface area contributed by atoms with Gasteiger partial charge in [0.05, 0.1) is 18.5 Å². The number of hydrogen-bond acceptors (Lipinski definition) is 6. The molecule has 0 aliphatic heterocycles. The summed E-state index contributed by atoms with van der Waals surface area (Å²) in [5.41, 5.74) is 2.93. The van der Waals surface area contributed by atoms with Gasteiger partial charge in [-0.25, -0.2) is 4.98 Å². The van der Waals surface area contributed by atoms with Crippen LogP contribution in [0, 0.1) is 18.3 Å². The molecule has 0 bridgehead atoms. The Morgan fingerprint density at radius 2 is 1.93 bits per heavy atom. The maximum absolute atomic E-state index is 12.6. The lowest BCUT2D eigenvalue weighted by Crippen LogP contribution is -2.10. The quantitative estimate of drug-likeness (QED) is 0.499. The molecule has 0 aliphatic rings. The smallest absolute Gasteiger partial charge is 0.306 e. The zero-order chi connectivity index (χ0) is 21.0.